The van der Waals surface area contributed by atoms with E-state index in [1.807, 2.05) is 19.1 Å². The maximum atomic E-state index is 11.1. The van der Waals surface area contributed by atoms with Crippen LogP contribution < -0.4 is 4.43 Å². The molecule has 4 heteroatoms. The maximum Gasteiger partial charge on any atom is 0.250 e. The number of carbonyl (C=O) groups is 1. The van der Waals surface area contributed by atoms with E-state index in [4.69, 9.17) is 4.43 Å². The third-order valence-electron chi connectivity index (χ3n) is 3.61. The third-order valence-corrected chi connectivity index (χ3v) is 8.92. The van der Waals surface area contributed by atoms with E-state index in [0.29, 0.717) is 11.3 Å². The molecule has 18 heavy (non-hydrogen) atoms. The van der Waals surface area contributed by atoms with Crippen LogP contribution in [0.5, 0.6) is 5.75 Å². The zero-order valence-corrected chi connectivity index (χ0v) is 14.5. The Morgan fingerprint density at radius 3 is 2.28 bits per heavy atom. The summed E-state index contributed by atoms with van der Waals surface area (Å²) in [6.45, 7) is 12.9. The Morgan fingerprint density at radius 1 is 1.28 bits per heavy atom. The van der Waals surface area contributed by atoms with Crippen LogP contribution in [-0.2, 0) is 0 Å². The summed E-state index contributed by atoms with van der Waals surface area (Å²) in [7, 11) is -1.94. The number of benzene rings is 1. The average molecular weight is 329 g/mol. The SMILES string of the molecule is Cc1ccc(C=O)c(O[Si](C)(C)C(C)(C)C)c1Br. The van der Waals surface area contributed by atoms with Crippen molar-refractivity contribution in [3.05, 3.63) is 27.7 Å². The fourth-order valence-electron chi connectivity index (χ4n) is 1.27. The first-order valence-electron chi connectivity index (χ1n) is 6.03. The lowest BCUT2D eigenvalue weighted by molar-refractivity contribution is 0.112. The van der Waals surface area contributed by atoms with Crippen molar-refractivity contribution >= 4 is 30.5 Å². The minimum atomic E-state index is -1.94. The minimum absolute atomic E-state index is 0.107. The highest BCUT2D eigenvalue weighted by molar-refractivity contribution is 9.10. The Morgan fingerprint density at radius 2 is 1.83 bits per heavy atom. The summed E-state index contributed by atoms with van der Waals surface area (Å²) in [4.78, 5) is 11.1. The number of hydrogen-bond acceptors (Lipinski definition) is 2. The van der Waals surface area contributed by atoms with Crippen molar-refractivity contribution in [1.82, 2.24) is 0 Å². The van der Waals surface area contributed by atoms with Gasteiger partial charge in [-0.3, -0.25) is 4.79 Å². The number of halogens is 1. The molecule has 1 rings (SSSR count). The monoisotopic (exact) mass is 328 g/mol. The number of aryl methyl sites for hydroxylation is 1. The molecule has 100 valence electrons. The van der Waals surface area contributed by atoms with Crippen molar-refractivity contribution in [2.75, 3.05) is 0 Å². The summed E-state index contributed by atoms with van der Waals surface area (Å²) in [5.74, 6) is 0.691. The van der Waals surface area contributed by atoms with Crippen LogP contribution in [-0.4, -0.2) is 14.6 Å². The smallest absolute Gasteiger partial charge is 0.250 e. The molecule has 0 fully saturated rings. The van der Waals surface area contributed by atoms with E-state index < -0.39 is 8.32 Å². The van der Waals surface area contributed by atoms with Crippen LogP contribution >= 0.6 is 15.9 Å². The van der Waals surface area contributed by atoms with Crippen molar-refractivity contribution in [2.24, 2.45) is 0 Å². The summed E-state index contributed by atoms with van der Waals surface area (Å²) >= 11 is 3.53. The van der Waals surface area contributed by atoms with Crippen molar-refractivity contribution in [3.63, 3.8) is 0 Å². The molecule has 0 aromatic heterocycles. The van der Waals surface area contributed by atoms with Gasteiger partial charge in [-0.05, 0) is 52.6 Å². The molecule has 0 radical (unpaired) electrons. The molecule has 0 aliphatic heterocycles. The minimum Gasteiger partial charge on any atom is -0.542 e. The molecule has 0 atom stereocenters. The van der Waals surface area contributed by atoms with Gasteiger partial charge < -0.3 is 4.43 Å². The van der Waals surface area contributed by atoms with Gasteiger partial charge in [-0.25, -0.2) is 0 Å². The van der Waals surface area contributed by atoms with Gasteiger partial charge in [0.25, 0.3) is 8.32 Å². The second-order valence-electron chi connectivity index (χ2n) is 6.10. The molecule has 0 saturated carbocycles. The van der Waals surface area contributed by atoms with E-state index in [1.165, 1.54) is 0 Å². The van der Waals surface area contributed by atoms with E-state index in [-0.39, 0.29) is 5.04 Å². The lowest BCUT2D eigenvalue weighted by Gasteiger charge is -2.37. The van der Waals surface area contributed by atoms with E-state index >= 15 is 0 Å². The van der Waals surface area contributed by atoms with Crippen LogP contribution in [0.4, 0.5) is 0 Å². The molecule has 1 aromatic rings. The van der Waals surface area contributed by atoms with Crippen LogP contribution in [0.25, 0.3) is 0 Å². The summed E-state index contributed by atoms with van der Waals surface area (Å²) in [5, 5.41) is 0.107. The number of carbonyl (C=O) groups excluding carboxylic acids is 1. The number of hydrogen-bond donors (Lipinski definition) is 0. The zero-order chi connectivity index (χ0) is 14.1. The first-order chi connectivity index (χ1) is 8.10. The Hall–Kier alpha value is -0.613. The van der Waals surface area contributed by atoms with Crippen molar-refractivity contribution in [3.8, 4) is 5.75 Å². The van der Waals surface area contributed by atoms with Crippen LogP contribution in [0.15, 0.2) is 16.6 Å². The van der Waals surface area contributed by atoms with Crippen molar-refractivity contribution in [2.45, 2.75) is 45.8 Å². The molecule has 0 aliphatic carbocycles. The predicted molar refractivity (Wildman–Crippen MR) is 82.1 cm³/mol. The summed E-state index contributed by atoms with van der Waals surface area (Å²) < 4.78 is 7.15. The van der Waals surface area contributed by atoms with Gasteiger partial charge >= 0.3 is 0 Å². The van der Waals surface area contributed by atoms with E-state index in [1.54, 1.807) is 0 Å². The topological polar surface area (TPSA) is 26.3 Å². The van der Waals surface area contributed by atoms with Gasteiger partial charge in [0.2, 0.25) is 0 Å². The molecular formula is C14H21BrO2Si. The van der Waals surface area contributed by atoms with Gasteiger partial charge in [-0.2, -0.15) is 0 Å². The Labute approximate surface area is 119 Å². The van der Waals surface area contributed by atoms with Gasteiger partial charge in [0.1, 0.15) is 5.75 Å². The Balaban J connectivity index is 3.26. The first-order valence-corrected chi connectivity index (χ1v) is 9.73. The van der Waals surface area contributed by atoms with Crippen LogP contribution in [0, 0.1) is 6.92 Å². The quantitative estimate of drug-likeness (QED) is 0.579. The Bertz CT molecular complexity index is 462. The largest absolute Gasteiger partial charge is 0.542 e. The second-order valence-corrected chi connectivity index (χ2v) is 11.6. The van der Waals surface area contributed by atoms with Crippen molar-refractivity contribution in [1.29, 1.82) is 0 Å². The molecule has 0 bridgehead atoms. The molecule has 0 saturated heterocycles. The molecule has 0 heterocycles. The predicted octanol–water partition coefficient (Wildman–Crippen LogP) is 4.95. The number of aldehydes is 1. The molecule has 2 nitrogen and oxygen atoms in total. The maximum absolute atomic E-state index is 11.1. The molecule has 0 spiro atoms. The third kappa shape index (κ3) is 3.04. The van der Waals surface area contributed by atoms with E-state index in [2.05, 4.69) is 49.8 Å². The Kier molecular flexibility index (Phi) is 4.44. The van der Waals surface area contributed by atoms with Crippen LogP contribution in [0.1, 0.15) is 36.7 Å². The zero-order valence-electron chi connectivity index (χ0n) is 11.9. The van der Waals surface area contributed by atoms with Crippen LogP contribution in [0.3, 0.4) is 0 Å². The highest BCUT2D eigenvalue weighted by Crippen LogP contribution is 2.41. The molecule has 0 amide bonds. The van der Waals surface area contributed by atoms with Crippen molar-refractivity contribution < 1.29 is 9.22 Å². The van der Waals surface area contributed by atoms with Gasteiger partial charge in [0, 0.05) is 0 Å². The summed E-state index contributed by atoms with van der Waals surface area (Å²) in [5.41, 5.74) is 1.69. The molecule has 0 unspecified atom stereocenters. The lowest BCUT2D eigenvalue weighted by Crippen LogP contribution is -2.44. The first kappa shape index (κ1) is 15.4. The fraction of sp³-hybridized carbons (Fsp3) is 0.500. The molecule has 0 aliphatic rings. The summed E-state index contributed by atoms with van der Waals surface area (Å²) in [6.07, 6.45) is 0.854. The van der Waals surface area contributed by atoms with Crippen LogP contribution in [0.2, 0.25) is 18.1 Å². The molecule has 0 N–H and O–H groups in total. The van der Waals surface area contributed by atoms with Gasteiger partial charge in [0.05, 0.1) is 10.0 Å². The van der Waals surface area contributed by atoms with Gasteiger partial charge in [0.15, 0.2) is 6.29 Å². The van der Waals surface area contributed by atoms with Gasteiger partial charge in [-0.15, -0.1) is 0 Å². The highest BCUT2D eigenvalue weighted by Gasteiger charge is 2.39. The molecular weight excluding hydrogens is 308 g/mol. The highest BCUT2D eigenvalue weighted by atomic mass is 79.9. The van der Waals surface area contributed by atoms with E-state index in [0.717, 1.165) is 16.3 Å². The lowest BCUT2D eigenvalue weighted by atomic mass is 10.1. The van der Waals surface area contributed by atoms with Gasteiger partial charge in [-0.1, -0.05) is 26.8 Å². The normalized spacial score (nSPS) is 12.4. The fourth-order valence-corrected chi connectivity index (χ4v) is 2.90. The van der Waals surface area contributed by atoms with E-state index in [9.17, 15) is 4.79 Å². The molecule has 1 aromatic carbocycles. The second kappa shape index (κ2) is 5.17. The average Bonchev–Trinajstić information content (AvgIpc) is 2.23. The standard InChI is InChI=1S/C14H21BrO2Si/c1-10-7-8-11(9-16)13(12(10)15)17-18(5,6)14(2,3)4/h7-9H,1-6H3. The number of rotatable bonds is 3. The summed E-state index contributed by atoms with van der Waals surface area (Å²) in [6, 6.07) is 3.74.